The molecule has 1 aliphatic carbocycles. The molecule has 0 amide bonds. The van der Waals surface area contributed by atoms with Gasteiger partial charge in [0.1, 0.15) is 5.92 Å². The van der Waals surface area contributed by atoms with E-state index in [9.17, 15) is 9.59 Å². The van der Waals surface area contributed by atoms with Crippen LogP contribution < -0.4 is 0 Å². The highest BCUT2D eigenvalue weighted by Gasteiger charge is 2.39. The second-order valence-corrected chi connectivity index (χ2v) is 6.95. The molecule has 2 aromatic rings. The third-order valence-corrected chi connectivity index (χ3v) is 4.98. The van der Waals surface area contributed by atoms with E-state index in [0.29, 0.717) is 6.42 Å². The molecule has 25 heavy (non-hydrogen) atoms. The summed E-state index contributed by atoms with van der Waals surface area (Å²) in [6, 6.07) is 17.6. The first kappa shape index (κ1) is 17.6. The Kier molecular flexibility index (Phi) is 5.49. The van der Waals surface area contributed by atoms with Crippen molar-refractivity contribution in [1.29, 1.82) is 0 Å². The van der Waals surface area contributed by atoms with Gasteiger partial charge in [-0.25, -0.2) is 0 Å². The number of allylic oxidation sites excluding steroid dienone is 2. The molecule has 0 spiro atoms. The minimum absolute atomic E-state index is 0.184. The van der Waals surface area contributed by atoms with Crippen molar-refractivity contribution in [3.05, 3.63) is 76.3 Å². The highest BCUT2D eigenvalue weighted by atomic mass is 79.9. The number of halogens is 1. The van der Waals surface area contributed by atoms with Crippen LogP contribution in [-0.4, -0.2) is 18.4 Å². The lowest BCUT2D eigenvalue weighted by atomic mass is 9.73. The Balaban J connectivity index is 2.00. The number of esters is 1. The van der Waals surface area contributed by atoms with Gasteiger partial charge in [-0.1, -0.05) is 58.4 Å². The van der Waals surface area contributed by atoms with E-state index in [1.165, 1.54) is 0 Å². The number of carbonyl (C=O) groups excluding carboxylic acids is 2. The van der Waals surface area contributed by atoms with Crippen LogP contribution in [0.4, 0.5) is 0 Å². The molecular weight excluding hydrogens is 380 g/mol. The van der Waals surface area contributed by atoms with E-state index in [4.69, 9.17) is 4.74 Å². The van der Waals surface area contributed by atoms with Gasteiger partial charge in [0.15, 0.2) is 5.78 Å². The third-order valence-electron chi connectivity index (χ3n) is 4.45. The summed E-state index contributed by atoms with van der Waals surface area (Å²) in [6.07, 6.45) is 2.23. The van der Waals surface area contributed by atoms with Crippen molar-refractivity contribution >= 4 is 33.3 Å². The maximum absolute atomic E-state index is 12.8. The zero-order valence-electron chi connectivity index (χ0n) is 13.9. The van der Waals surface area contributed by atoms with Crippen molar-refractivity contribution < 1.29 is 14.3 Å². The lowest BCUT2D eigenvalue weighted by molar-refractivity contribution is -0.151. The minimum atomic E-state index is -0.776. The molecule has 2 aromatic carbocycles. The van der Waals surface area contributed by atoms with Gasteiger partial charge in [0.2, 0.25) is 0 Å². The van der Waals surface area contributed by atoms with E-state index in [2.05, 4.69) is 15.9 Å². The zero-order valence-corrected chi connectivity index (χ0v) is 15.5. The van der Waals surface area contributed by atoms with Crippen molar-refractivity contribution in [2.75, 3.05) is 6.61 Å². The molecule has 2 atom stereocenters. The fourth-order valence-corrected chi connectivity index (χ4v) is 3.53. The number of hydrogen-bond donors (Lipinski definition) is 0. The van der Waals surface area contributed by atoms with Crippen molar-refractivity contribution in [3.8, 4) is 0 Å². The Morgan fingerprint density at radius 1 is 1.12 bits per heavy atom. The molecule has 0 aliphatic heterocycles. The SMILES string of the molecule is CCOC(=O)[C@H]1C(=O)C=C(c2ccc(Br)cc2)C[C@H]1c1ccccc1. The van der Waals surface area contributed by atoms with Gasteiger partial charge in [-0.3, -0.25) is 9.59 Å². The molecule has 1 aliphatic rings. The molecule has 3 rings (SSSR count). The molecule has 3 nitrogen and oxygen atoms in total. The standard InChI is InChI=1S/C21H19BrO3/c1-2-25-21(24)20-18(15-6-4-3-5-7-15)12-16(13-19(20)23)14-8-10-17(22)11-9-14/h3-11,13,18,20H,2,12H2,1H3/t18-,20+/m0/s1. The largest absolute Gasteiger partial charge is 0.465 e. The van der Waals surface area contributed by atoms with Gasteiger partial charge in [-0.05, 0) is 48.3 Å². The summed E-state index contributed by atoms with van der Waals surface area (Å²) in [5.41, 5.74) is 2.93. The summed E-state index contributed by atoms with van der Waals surface area (Å²) >= 11 is 3.43. The summed E-state index contributed by atoms with van der Waals surface area (Å²) in [4.78, 5) is 25.2. The van der Waals surface area contributed by atoms with Crippen LogP contribution in [0.15, 0.2) is 65.1 Å². The fourth-order valence-electron chi connectivity index (χ4n) is 3.26. The Bertz CT molecular complexity index is 794. The molecule has 0 fully saturated rings. The summed E-state index contributed by atoms with van der Waals surface area (Å²) in [5.74, 6) is -1.61. The van der Waals surface area contributed by atoms with Crippen LogP contribution in [-0.2, 0) is 14.3 Å². The minimum Gasteiger partial charge on any atom is -0.465 e. The van der Waals surface area contributed by atoms with Crippen molar-refractivity contribution in [1.82, 2.24) is 0 Å². The van der Waals surface area contributed by atoms with Crippen LogP contribution in [0.3, 0.4) is 0 Å². The van der Waals surface area contributed by atoms with Crippen LogP contribution in [0.5, 0.6) is 0 Å². The topological polar surface area (TPSA) is 43.4 Å². The normalized spacial score (nSPS) is 20.1. The molecule has 0 radical (unpaired) electrons. The average molecular weight is 399 g/mol. The number of ketones is 1. The van der Waals surface area contributed by atoms with Gasteiger partial charge in [0.05, 0.1) is 6.61 Å². The zero-order chi connectivity index (χ0) is 17.8. The Hall–Kier alpha value is -2.20. The van der Waals surface area contributed by atoms with Crippen molar-refractivity contribution in [2.45, 2.75) is 19.3 Å². The van der Waals surface area contributed by atoms with Gasteiger partial charge in [0.25, 0.3) is 0 Å². The first-order valence-electron chi connectivity index (χ1n) is 8.32. The monoisotopic (exact) mass is 398 g/mol. The van der Waals surface area contributed by atoms with Gasteiger partial charge >= 0.3 is 5.97 Å². The van der Waals surface area contributed by atoms with Gasteiger partial charge < -0.3 is 4.74 Å². The number of rotatable bonds is 4. The second kappa shape index (κ2) is 7.79. The summed E-state index contributed by atoms with van der Waals surface area (Å²) in [7, 11) is 0. The van der Waals surface area contributed by atoms with Crippen molar-refractivity contribution in [2.24, 2.45) is 5.92 Å². The molecule has 0 aromatic heterocycles. The van der Waals surface area contributed by atoms with Gasteiger partial charge in [-0.15, -0.1) is 0 Å². The van der Waals surface area contributed by atoms with Crippen LogP contribution in [0, 0.1) is 5.92 Å². The first-order valence-corrected chi connectivity index (χ1v) is 9.11. The smallest absolute Gasteiger partial charge is 0.317 e. The predicted molar refractivity (Wildman–Crippen MR) is 101 cm³/mol. The third kappa shape index (κ3) is 3.90. The molecular formula is C21H19BrO3. The highest BCUT2D eigenvalue weighted by Crippen LogP contribution is 2.40. The van der Waals surface area contributed by atoms with E-state index in [1.54, 1.807) is 13.0 Å². The maximum Gasteiger partial charge on any atom is 0.317 e. The van der Waals surface area contributed by atoms with E-state index >= 15 is 0 Å². The molecule has 128 valence electrons. The predicted octanol–water partition coefficient (Wildman–Crippen LogP) is 4.77. The fraction of sp³-hybridized carbons (Fsp3) is 0.238. The number of carbonyl (C=O) groups is 2. The summed E-state index contributed by atoms with van der Waals surface area (Å²) in [5, 5.41) is 0. The highest BCUT2D eigenvalue weighted by molar-refractivity contribution is 9.10. The van der Waals surface area contributed by atoms with Gasteiger partial charge in [0, 0.05) is 10.4 Å². The molecule has 0 N–H and O–H groups in total. The van der Waals surface area contributed by atoms with Gasteiger partial charge in [-0.2, -0.15) is 0 Å². The lowest BCUT2D eigenvalue weighted by Gasteiger charge is -2.29. The average Bonchev–Trinajstić information content (AvgIpc) is 2.62. The Morgan fingerprint density at radius 3 is 2.44 bits per heavy atom. The summed E-state index contributed by atoms with van der Waals surface area (Å²) in [6.45, 7) is 2.03. The number of benzene rings is 2. The maximum atomic E-state index is 12.8. The molecule has 0 saturated carbocycles. The molecule has 0 saturated heterocycles. The van der Waals surface area contributed by atoms with Crippen molar-refractivity contribution in [3.63, 3.8) is 0 Å². The number of hydrogen-bond acceptors (Lipinski definition) is 3. The number of ether oxygens (including phenoxy) is 1. The van der Waals surface area contributed by atoms with E-state index in [-0.39, 0.29) is 18.3 Å². The Morgan fingerprint density at radius 2 is 1.80 bits per heavy atom. The molecule has 4 heteroatoms. The molecule has 0 unspecified atom stereocenters. The lowest BCUT2D eigenvalue weighted by Crippen LogP contribution is -2.34. The molecule has 0 bridgehead atoms. The van der Waals surface area contributed by atoms with Crippen LogP contribution in [0.1, 0.15) is 30.4 Å². The summed E-state index contributed by atoms with van der Waals surface area (Å²) < 4.78 is 6.15. The van der Waals surface area contributed by atoms with Crippen LogP contribution in [0.25, 0.3) is 5.57 Å². The Labute approximate surface area is 155 Å². The van der Waals surface area contributed by atoms with E-state index in [0.717, 1.165) is 21.2 Å². The quantitative estimate of drug-likeness (QED) is 0.550. The van der Waals surface area contributed by atoms with Crippen LogP contribution >= 0.6 is 15.9 Å². The second-order valence-electron chi connectivity index (χ2n) is 6.03. The molecule has 0 heterocycles. The van der Waals surface area contributed by atoms with E-state index < -0.39 is 11.9 Å². The van der Waals surface area contributed by atoms with E-state index in [1.807, 2.05) is 54.6 Å². The van der Waals surface area contributed by atoms with Crippen LogP contribution in [0.2, 0.25) is 0 Å². The first-order chi connectivity index (χ1) is 12.1.